The van der Waals surface area contributed by atoms with Gasteiger partial charge < -0.3 is 10.6 Å². The number of piperidine rings is 1. The van der Waals surface area contributed by atoms with Gasteiger partial charge >= 0.3 is 0 Å². The highest BCUT2D eigenvalue weighted by Gasteiger charge is 2.34. The first-order chi connectivity index (χ1) is 18.3. The van der Waals surface area contributed by atoms with Crippen molar-refractivity contribution in [3.05, 3.63) is 40.6 Å². The van der Waals surface area contributed by atoms with Gasteiger partial charge in [-0.3, -0.25) is 14.1 Å². The van der Waals surface area contributed by atoms with E-state index in [2.05, 4.69) is 25.6 Å². The topological polar surface area (TPSA) is 131 Å². The molecule has 3 heterocycles. The Kier molecular flexibility index (Phi) is 8.12. The van der Waals surface area contributed by atoms with Crippen molar-refractivity contribution in [3.63, 3.8) is 0 Å². The van der Waals surface area contributed by atoms with E-state index < -0.39 is 51.4 Å². The summed E-state index contributed by atoms with van der Waals surface area (Å²) in [5, 5.41) is 6.04. The molecule has 15 heteroatoms. The molecule has 0 spiro atoms. The van der Waals surface area contributed by atoms with E-state index in [1.165, 1.54) is 16.8 Å². The summed E-state index contributed by atoms with van der Waals surface area (Å²) in [7, 11) is -4.55. The Morgan fingerprint density at radius 2 is 1.97 bits per heavy atom. The second-order valence-corrected chi connectivity index (χ2v) is 11.5. The van der Waals surface area contributed by atoms with Crippen LogP contribution in [0, 0.1) is 5.82 Å². The zero-order valence-corrected chi connectivity index (χ0v) is 22.3. The number of hydrogen-bond acceptors (Lipinski definition) is 8. The molecule has 0 aliphatic carbocycles. The maximum atomic E-state index is 14.9. The van der Waals surface area contributed by atoms with Crippen molar-refractivity contribution in [2.75, 3.05) is 28.9 Å². The van der Waals surface area contributed by atoms with Gasteiger partial charge in [0.15, 0.2) is 5.65 Å². The maximum absolute atomic E-state index is 14.9. The molecule has 2 aromatic heterocycles. The van der Waals surface area contributed by atoms with E-state index in [1.54, 1.807) is 13.8 Å². The van der Waals surface area contributed by atoms with Crippen molar-refractivity contribution in [2.24, 2.45) is 0 Å². The number of nitrogens with one attached hydrogen (secondary N) is 3. The minimum absolute atomic E-state index is 0.0418. The summed E-state index contributed by atoms with van der Waals surface area (Å²) in [6.45, 7) is 5.45. The first-order valence-corrected chi connectivity index (χ1v) is 14.0. The van der Waals surface area contributed by atoms with Gasteiger partial charge in [0.25, 0.3) is 11.5 Å². The Hall–Kier alpha value is -3.33. The first kappa shape index (κ1) is 28.7. The minimum Gasteiger partial charge on any atom is -0.350 e. The number of alkyl halides is 3. The number of benzene rings is 1. The van der Waals surface area contributed by atoms with Gasteiger partial charge in [-0.1, -0.05) is 13.0 Å². The van der Waals surface area contributed by atoms with E-state index >= 15 is 0 Å². The van der Waals surface area contributed by atoms with Crippen molar-refractivity contribution in [1.82, 2.24) is 24.8 Å². The van der Waals surface area contributed by atoms with Crippen LogP contribution >= 0.6 is 0 Å². The van der Waals surface area contributed by atoms with Crippen molar-refractivity contribution in [3.8, 4) is 11.3 Å². The number of anilines is 2. The molecule has 1 aromatic carbocycles. The van der Waals surface area contributed by atoms with Gasteiger partial charge in [-0.2, -0.15) is 4.98 Å². The lowest BCUT2D eigenvalue weighted by molar-refractivity contribution is 0.0219. The van der Waals surface area contributed by atoms with Crippen LogP contribution in [0.4, 0.5) is 29.2 Å². The molecular formula is C24H29F4N7O3S. The highest BCUT2D eigenvalue weighted by atomic mass is 32.2. The van der Waals surface area contributed by atoms with Crippen LogP contribution in [0.25, 0.3) is 22.4 Å². The molecule has 2 atom stereocenters. The summed E-state index contributed by atoms with van der Waals surface area (Å²) in [5.74, 6) is -5.84. The summed E-state index contributed by atoms with van der Waals surface area (Å²) >= 11 is 0. The molecule has 212 valence electrons. The molecule has 10 nitrogen and oxygen atoms in total. The summed E-state index contributed by atoms with van der Waals surface area (Å²) in [6, 6.07) is 2.57. The number of sulfonamides is 1. The summed E-state index contributed by atoms with van der Waals surface area (Å²) < 4.78 is 83.2. The number of aromatic nitrogens is 4. The van der Waals surface area contributed by atoms with E-state index in [-0.39, 0.29) is 53.4 Å². The average molecular weight is 572 g/mol. The second-order valence-electron chi connectivity index (χ2n) is 9.73. The predicted octanol–water partition coefficient (Wildman–Crippen LogP) is 3.47. The SMILES string of the molecule is CCC(F)(F)CS(=O)(=O)Nc1ccc(-c2nc3cnc(N[C@@H]4CNC[C@@H](F)C4)nc3n(C(C)C)c2=O)cc1F. The standard InChI is InChI=1S/C24H29F4N7O3S/c1-4-24(27,28)12-39(37,38)34-18-6-5-14(7-17(18)26)20-22(36)35(13(2)3)21-19(32-20)11-30-23(33-21)31-16-8-15(25)9-29-10-16/h5-7,11,13,15-16,29,34H,4,8-10,12H2,1-3H3,(H,30,31,33)/t15-,16-/m0/s1. The average Bonchev–Trinajstić information content (AvgIpc) is 2.84. The molecule has 39 heavy (non-hydrogen) atoms. The molecule has 0 radical (unpaired) electrons. The summed E-state index contributed by atoms with van der Waals surface area (Å²) in [5.41, 5.74) is -0.759. The number of hydrogen-bond donors (Lipinski definition) is 3. The van der Waals surface area contributed by atoms with Crippen LogP contribution in [0.3, 0.4) is 0 Å². The van der Waals surface area contributed by atoms with Crippen LogP contribution in [0.2, 0.25) is 0 Å². The van der Waals surface area contributed by atoms with E-state index in [0.29, 0.717) is 6.54 Å². The van der Waals surface area contributed by atoms with E-state index in [9.17, 15) is 30.8 Å². The second kappa shape index (κ2) is 11.0. The van der Waals surface area contributed by atoms with E-state index in [4.69, 9.17) is 0 Å². The van der Waals surface area contributed by atoms with Crippen molar-refractivity contribution in [1.29, 1.82) is 0 Å². The van der Waals surface area contributed by atoms with Crippen molar-refractivity contribution >= 4 is 32.8 Å². The smallest absolute Gasteiger partial charge is 0.278 e. The number of fused-ring (bicyclic) bond motifs is 1. The largest absolute Gasteiger partial charge is 0.350 e. The Morgan fingerprint density at radius 3 is 2.62 bits per heavy atom. The van der Waals surface area contributed by atoms with Crippen LogP contribution < -0.4 is 20.9 Å². The lowest BCUT2D eigenvalue weighted by Crippen LogP contribution is -2.44. The number of halogens is 4. The van der Waals surface area contributed by atoms with Gasteiger partial charge in [0, 0.05) is 43.6 Å². The Bertz CT molecular complexity index is 1530. The van der Waals surface area contributed by atoms with Gasteiger partial charge in [-0.15, -0.1) is 0 Å². The van der Waals surface area contributed by atoms with Gasteiger partial charge in [0.05, 0.1) is 11.9 Å². The van der Waals surface area contributed by atoms with Gasteiger partial charge in [-0.05, 0) is 26.0 Å². The fraction of sp³-hybridized carbons (Fsp3) is 0.500. The maximum Gasteiger partial charge on any atom is 0.278 e. The quantitative estimate of drug-likeness (QED) is 0.333. The molecule has 0 unspecified atom stereocenters. The molecule has 4 rings (SSSR count). The fourth-order valence-electron chi connectivity index (χ4n) is 4.25. The Balaban J connectivity index is 1.68. The van der Waals surface area contributed by atoms with Crippen LogP contribution in [0.15, 0.2) is 29.2 Å². The zero-order chi connectivity index (χ0) is 28.5. The van der Waals surface area contributed by atoms with E-state index in [0.717, 1.165) is 19.1 Å². The Labute approximate surface area is 222 Å². The van der Waals surface area contributed by atoms with Crippen LogP contribution in [0.5, 0.6) is 0 Å². The minimum atomic E-state index is -4.55. The number of rotatable bonds is 9. The molecule has 3 N–H and O–H groups in total. The molecule has 1 aliphatic heterocycles. The normalized spacial score (nSPS) is 18.5. The third kappa shape index (κ3) is 6.64. The lowest BCUT2D eigenvalue weighted by Gasteiger charge is -2.26. The highest BCUT2D eigenvalue weighted by molar-refractivity contribution is 7.92. The zero-order valence-electron chi connectivity index (χ0n) is 21.5. The molecule has 1 aliphatic rings. The summed E-state index contributed by atoms with van der Waals surface area (Å²) in [6.07, 6.45) is -0.0273. The third-order valence-corrected chi connectivity index (χ3v) is 7.54. The van der Waals surface area contributed by atoms with Gasteiger partial charge in [0.1, 0.15) is 29.0 Å². The van der Waals surface area contributed by atoms with Crippen LogP contribution in [-0.2, 0) is 10.0 Å². The summed E-state index contributed by atoms with van der Waals surface area (Å²) in [4.78, 5) is 26.4. The molecule has 1 fully saturated rings. The predicted molar refractivity (Wildman–Crippen MR) is 140 cm³/mol. The molecular weight excluding hydrogens is 542 g/mol. The van der Waals surface area contributed by atoms with Crippen LogP contribution in [0.1, 0.15) is 39.7 Å². The third-order valence-electron chi connectivity index (χ3n) is 6.20. The van der Waals surface area contributed by atoms with Gasteiger partial charge in [-0.25, -0.2) is 35.9 Å². The van der Waals surface area contributed by atoms with Crippen molar-refractivity contribution in [2.45, 2.75) is 57.8 Å². The number of nitrogens with zero attached hydrogens (tertiary/aromatic N) is 4. The fourth-order valence-corrected chi connectivity index (χ4v) is 5.58. The molecule has 0 saturated carbocycles. The molecule has 3 aromatic rings. The Morgan fingerprint density at radius 1 is 1.23 bits per heavy atom. The van der Waals surface area contributed by atoms with Gasteiger partial charge in [0.2, 0.25) is 16.0 Å². The van der Waals surface area contributed by atoms with Crippen molar-refractivity contribution < 1.29 is 26.0 Å². The van der Waals surface area contributed by atoms with Crippen LogP contribution in [-0.4, -0.2) is 64.9 Å². The molecule has 0 amide bonds. The highest BCUT2D eigenvalue weighted by Crippen LogP contribution is 2.26. The lowest BCUT2D eigenvalue weighted by atomic mass is 10.1. The molecule has 1 saturated heterocycles. The first-order valence-electron chi connectivity index (χ1n) is 12.4. The van der Waals surface area contributed by atoms with E-state index in [1.807, 2.05) is 4.72 Å². The molecule has 0 bridgehead atoms. The monoisotopic (exact) mass is 571 g/mol.